The Morgan fingerprint density at radius 2 is 1.11 bits per heavy atom. The molecule has 0 fully saturated rings. The molecule has 7 heteroatoms. The van der Waals surface area contributed by atoms with Crippen LogP contribution in [0.4, 0.5) is 0 Å². The summed E-state index contributed by atoms with van der Waals surface area (Å²) in [5.41, 5.74) is 5.71. The summed E-state index contributed by atoms with van der Waals surface area (Å²) in [5.74, 6) is 1.50. The van der Waals surface area contributed by atoms with Gasteiger partial charge in [-0.15, -0.1) is 0 Å². The van der Waals surface area contributed by atoms with Crippen molar-refractivity contribution in [1.82, 2.24) is 19.9 Å². The van der Waals surface area contributed by atoms with Crippen LogP contribution in [0.1, 0.15) is 0 Å². The zero-order chi connectivity index (χ0) is 25.2. The van der Waals surface area contributed by atoms with Crippen LogP contribution in [0.3, 0.4) is 0 Å². The highest BCUT2D eigenvalue weighted by molar-refractivity contribution is 6.58. The lowest BCUT2D eigenvalue weighted by Gasteiger charge is -2.11. The summed E-state index contributed by atoms with van der Waals surface area (Å²) in [6.07, 6.45) is 1.80. The van der Waals surface area contributed by atoms with Crippen LogP contribution in [0.25, 0.3) is 56.2 Å². The van der Waals surface area contributed by atoms with Crippen LogP contribution in [0.15, 0.2) is 115 Å². The molecule has 4 aromatic carbocycles. The first kappa shape index (κ1) is 22.7. The van der Waals surface area contributed by atoms with E-state index in [2.05, 4.69) is 35.3 Å². The van der Waals surface area contributed by atoms with Gasteiger partial charge in [-0.25, -0.2) is 15.0 Å². The molecular formula is C30H21BN4O2. The van der Waals surface area contributed by atoms with Crippen molar-refractivity contribution in [2.75, 3.05) is 0 Å². The minimum atomic E-state index is -1.58. The molecule has 0 bridgehead atoms. The molecule has 0 unspecified atom stereocenters. The van der Waals surface area contributed by atoms with Crippen molar-refractivity contribution < 1.29 is 10.0 Å². The number of hydrogen-bond acceptors (Lipinski definition) is 6. The summed E-state index contributed by atoms with van der Waals surface area (Å²) in [6, 6.07) is 34.9. The number of nitrogens with zero attached hydrogens (tertiary/aromatic N) is 4. The number of pyridine rings is 1. The predicted octanol–water partition coefficient (Wildman–Crippen LogP) is 4.77. The molecule has 0 aliphatic carbocycles. The predicted molar refractivity (Wildman–Crippen MR) is 147 cm³/mol. The first-order valence-electron chi connectivity index (χ1n) is 11.9. The minimum absolute atomic E-state index is 0.367. The van der Waals surface area contributed by atoms with E-state index in [1.807, 2.05) is 60.7 Å². The topological polar surface area (TPSA) is 92.0 Å². The number of para-hydroxylation sites is 1. The van der Waals surface area contributed by atoms with Gasteiger partial charge in [-0.05, 0) is 23.2 Å². The Labute approximate surface area is 214 Å². The SMILES string of the molecule is OB(O)c1cccc(-c2nc(-c3ccccc3)nc(-c3cccc(-c4cccc5cccnc45)c3)n2)c1. The second kappa shape index (κ2) is 9.74. The molecule has 0 amide bonds. The monoisotopic (exact) mass is 480 g/mol. The van der Waals surface area contributed by atoms with Gasteiger partial charge in [-0.1, -0.05) is 97.1 Å². The highest BCUT2D eigenvalue weighted by Crippen LogP contribution is 2.31. The zero-order valence-corrected chi connectivity index (χ0v) is 19.7. The van der Waals surface area contributed by atoms with Gasteiger partial charge in [-0.2, -0.15) is 0 Å². The highest BCUT2D eigenvalue weighted by Gasteiger charge is 2.16. The van der Waals surface area contributed by atoms with E-state index in [9.17, 15) is 10.0 Å². The van der Waals surface area contributed by atoms with Gasteiger partial charge < -0.3 is 10.0 Å². The third kappa shape index (κ3) is 4.61. The van der Waals surface area contributed by atoms with Gasteiger partial charge in [-0.3, -0.25) is 4.98 Å². The van der Waals surface area contributed by atoms with Crippen molar-refractivity contribution in [2.45, 2.75) is 0 Å². The number of rotatable bonds is 5. The van der Waals surface area contributed by atoms with Gasteiger partial charge in [0.2, 0.25) is 0 Å². The van der Waals surface area contributed by atoms with Crippen LogP contribution in [0, 0.1) is 0 Å². The second-order valence-electron chi connectivity index (χ2n) is 8.63. The molecule has 2 N–H and O–H groups in total. The summed E-state index contributed by atoms with van der Waals surface area (Å²) in [7, 11) is -1.58. The molecule has 0 atom stereocenters. The van der Waals surface area contributed by atoms with E-state index in [4.69, 9.17) is 15.0 Å². The molecule has 37 heavy (non-hydrogen) atoms. The number of aromatic nitrogens is 4. The minimum Gasteiger partial charge on any atom is -0.423 e. The van der Waals surface area contributed by atoms with Gasteiger partial charge >= 0.3 is 7.12 Å². The van der Waals surface area contributed by atoms with Crippen LogP contribution in [0.2, 0.25) is 0 Å². The van der Waals surface area contributed by atoms with Crippen molar-refractivity contribution in [3.63, 3.8) is 0 Å². The van der Waals surface area contributed by atoms with Gasteiger partial charge in [0.1, 0.15) is 0 Å². The molecule has 2 aromatic heterocycles. The molecule has 0 aliphatic rings. The quantitative estimate of drug-likeness (QED) is 0.346. The van der Waals surface area contributed by atoms with Crippen LogP contribution < -0.4 is 5.46 Å². The summed E-state index contributed by atoms with van der Waals surface area (Å²) in [6.45, 7) is 0. The normalized spacial score (nSPS) is 11.0. The maximum absolute atomic E-state index is 9.67. The van der Waals surface area contributed by atoms with E-state index in [1.54, 1.807) is 24.4 Å². The average Bonchev–Trinajstić information content (AvgIpc) is 2.97. The van der Waals surface area contributed by atoms with E-state index in [0.717, 1.165) is 33.2 Å². The number of hydrogen-bond donors (Lipinski definition) is 2. The molecule has 0 saturated heterocycles. The van der Waals surface area contributed by atoms with E-state index in [1.165, 1.54) is 0 Å². The Morgan fingerprint density at radius 3 is 1.86 bits per heavy atom. The van der Waals surface area contributed by atoms with E-state index in [-0.39, 0.29) is 0 Å². The van der Waals surface area contributed by atoms with Gasteiger partial charge in [0.05, 0.1) is 5.52 Å². The Hall–Kier alpha value is -4.72. The lowest BCUT2D eigenvalue weighted by Crippen LogP contribution is -2.29. The molecule has 0 saturated carbocycles. The highest BCUT2D eigenvalue weighted by atomic mass is 16.4. The molecule has 0 spiro atoms. The van der Waals surface area contributed by atoms with Crippen LogP contribution in [-0.4, -0.2) is 37.1 Å². The smallest absolute Gasteiger partial charge is 0.423 e. The number of fused-ring (bicyclic) bond motifs is 1. The van der Waals surface area contributed by atoms with Gasteiger partial charge in [0, 0.05) is 33.8 Å². The molecular weight excluding hydrogens is 459 g/mol. The molecule has 2 heterocycles. The Morgan fingerprint density at radius 1 is 0.514 bits per heavy atom. The standard InChI is InChI=1S/C30H21BN4O2/c36-31(37)25-15-5-13-24(19-25)30-34-28(21-8-2-1-3-9-21)33-29(35-30)23-12-4-11-22(18-23)26-16-6-10-20-14-7-17-32-27(20)26/h1-19,36-37H. The fourth-order valence-corrected chi connectivity index (χ4v) is 4.35. The summed E-state index contributed by atoms with van der Waals surface area (Å²) in [4.78, 5) is 18.9. The molecule has 6 rings (SSSR count). The third-order valence-corrected chi connectivity index (χ3v) is 6.17. The largest absolute Gasteiger partial charge is 0.488 e. The first-order chi connectivity index (χ1) is 18.2. The van der Waals surface area contributed by atoms with Crippen molar-refractivity contribution >= 4 is 23.5 Å². The van der Waals surface area contributed by atoms with Crippen molar-refractivity contribution in [1.29, 1.82) is 0 Å². The molecule has 176 valence electrons. The molecule has 6 aromatic rings. The zero-order valence-electron chi connectivity index (χ0n) is 19.7. The van der Waals surface area contributed by atoms with E-state index in [0.29, 0.717) is 28.5 Å². The lowest BCUT2D eigenvalue weighted by molar-refractivity contribution is 0.426. The Bertz CT molecular complexity index is 1720. The summed E-state index contributed by atoms with van der Waals surface area (Å²) in [5, 5.41) is 20.4. The second-order valence-corrected chi connectivity index (χ2v) is 8.63. The van der Waals surface area contributed by atoms with Crippen LogP contribution >= 0.6 is 0 Å². The third-order valence-electron chi connectivity index (χ3n) is 6.17. The number of benzene rings is 4. The first-order valence-corrected chi connectivity index (χ1v) is 11.9. The van der Waals surface area contributed by atoms with Gasteiger partial charge in [0.15, 0.2) is 17.5 Å². The molecule has 0 aliphatic heterocycles. The van der Waals surface area contributed by atoms with Crippen LogP contribution in [0.5, 0.6) is 0 Å². The van der Waals surface area contributed by atoms with Crippen molar-refractivity contribution in [3.8, 4) is 45.3 Å². The lowest BCUT2D eigenvalue weighted by atomic mass is 9.79. The fourth-order valence-electron chi connectivity index (χ4n) is 4.35. The maximum Gasteiger partial charge on any atom is 0.488 e. The fraction of sp³-hybridized carbons (Fsp3) is 0. The van der Waals surface area contributed by atoms with Gasteiger partial charge in [0.25, 0.3) is 0 Å². The summed E-state index contributed by atoms with van der Waals surface area (Å²) >= 11 is 0. The van der Waals surface area contributed by atoms with Crippen LogP contribution in [-0.2, 0) is 0 Å². The molecule has 0 radical (unpaired) electrons. The van der Waals surface area contributed by atoms with E-state index >= 15 is 0 Å². The van der Waals surface area contributed by atoms with E-state index < -0.39 is 7.12 Å². The molecule has 6 nitrogen and oxygen atoms in total. The maximum atomic E-state index is 9.67. The van der Waals surface area contributed by atoms with Crippen molar-refractivity contribution in [3.05, 3.63) is 115 Å². The van der Waals surface area contributed by atoms with Crippen molar-refractivity contribution in [2.24, 2.45) is 0 Å². The Balaban J connectivity index is 1.52. The summed E-state index contributed by atoms with van der Waals surface area (Å²) < 4.78 is 0. The average molecular weight is 480 g/mol. The Kier molecular flexibility index (Phi) is 5.98.